The molecule has 0 spiro atoms. The van der Waals surface area contributed by atoms with Gasteiger partial charge in [-0.15, -0.1) is 0 Å². The first kappa shape index (κ1) is 17.1. The fourth-order valence-electron chi connectivity index (χ4n) is 6.38. The fraction of sp³-hybridized carbons (Fsp3) is 0.500. The lowest BCUT2D eigenvalue weighted by atomic mass is 9.54. The third-order valence-electron chi connectivity index (χ3n) is 7.64. The van der Waals surface area contributed by atoms with E-state index in [0.717, 1.165) is 37.9 Å². The van der Waals surface area contributed by atoms with Gasteiger partial charge in [-0.3, -0.25) is 0 Å². The Morgan fingerprint density at radius 2 is 1.85 bits per heavy atom. The molecule has 2 saturated carbocycles. The van der Waals surface area contributed by atoms with E-state index in [4.69, 9.17) is 4.74 Å². The van der Waals surface area contributed by atoms with Gasteiger partial charge in [0.05, 0.1) is 6.10 Å². The summed E-state index contributed by atoms with van der Waals surface area (Å²) in [6.45, 7) is 2.28. The van der Waals surface area contributed by atoms with Crippen molar-refractivity contribution < 1.29 is 14.9 Å². The number of para-hydroxylation sites is 1. The fourth-order valence-corrected chi connectivity index (χ4v) is 6.38. The highest BCUT2D eigenvalue weighted by molar-refractivity contribution is 5.41. The number of aromatic hydroxyl groups is 1. The quantitative estimate of drug-likeness (QED) is 0.814. The molecule has 0 aromatic heterocycles. The Balaban J connectivity index is 1.57. The molecule has 3 aliphatic carbocycles. The van der Waals surface area contributed by atoms with Crippen molar-refractivity contribution in [1.82, 2.24) is 0 Å². The number of rotatable bonds is 2. The highest BCUT2D eigenvalue weighted by atomic mass is 16.5. The molecule has 142 valence electrons. The van der Waals surface area contributed by atoms with E-state index < -0.39 is 0 Å². The number of fused-ring (bicyclic) bond motifs is 5. The number of aliphatic hydroxyl groups is 1. The minimum absolute atomic E-state index is 0.0509. The third-order valence-corrected chi connectivity index (χ3v) is 7.64. The number of aryl methyl sites for hydroxylation is 1. The van der Waals surface area contributed by atoms with Crippen LogP contribution < -0.4 is 4.74 Å². The zero-order valence-electron chi connectivity index (χ0n) is 15.8. The van der Waals surface area contributed by atoms with Gasteiger partial charge in [0.25, 0.3) is 0 Å². The average Bonchev–Trinajstić information content (AvgIpc) is 2.96. The van der Waals surface area contributed by atoms with Gasteiger partial charge in [-0.2, -0.15) is 0 Å². The molecule has 0 saturated heterocycles. The highest BCUT2D eigenvalue weighted by Gasteiger charge is 2.58. The Morgan fingerprint density at radius 1 is 1.04 bits per heavy atom. The molecule has 0 radical (unpaired) electrons. The van der Waals surface area contributed by atoms with E-state index >= 15 is 0 Å². The van der Waals surface area contributed by atoms with Gasteiger partial charge in [0.2, 0.25) is 0 Å². The Morgan fingerprint density at radius 3 is 2.67 bits per heavy atom. The van der Waals surface area contributed by atoms with Crippen molar-refractivity contribution in [2.45, 2.75) is 57.2 Å². The van der Waals surface area contributed by atoms with E-state index in [0.29, 0.717) is 23.5 Å². The van der Waals surface area contributed by atoms with Crippen LogP contribution in [-0.2, 0) is 6.42 Å². The van der Waals surface area contributed by atoms with Crippen molar-refractivity contribution in [3.05, 3.63) is 59.7 Å². The zero-order valence-corrected chi connectivity index (χ0v) is 15.8. The summed E-state index contributed by atoms with van der Waals surface area (Å²) in [6.07, 6.45) is 4.85. The van der Waals surface area contributed by atoms with Crippen LogP contribution in [0.25, 0.3) is 0 Å². The Hall–Kier alpha value is -2.00. The summed E-state index contributed by atoms with van der Waals surface area (Å²) in [5.74, 6) is 2.67. The smallest absolute Gasteiger partial charge is 0.119 e. The van der Waals surface area contributed by atoms with Crippen LogP contribution in [0.1, 0.15) is 49.7 Å². The lowest BCUT2D eigenvalue weighted by Crippen LogP contribution is -2.51. The number of benzene rings is 2. The van der Waals surface area contributed by atoms with Crippen molar-refractivity contribution in [3.8, 4) is 11.5 Å². The molecule has 6 unspecified atom stereocenters. The number of phenols is 1. The first-order valence-electron chi connectivity index (χ1n) is 10.3. The lowest BCUT2D eigenvalue weighted by molar-refractivity contribution is -0.0716. The summed E-state index contributed by atoms with van der Waals surface area (Å²) in [5.41, 5.74) is 2.54. The number of ether oxygens (including phenoxy) is 1. The molecule has 2 aromatic carbocycles. The molecule has 2 aromatic rings. The number of hydrogen-bond donors (Lipinski definition) is 2. The molecule has 2 fully saturated rings. The predicted molar refractivity (Wildman–Crippen MR) is 105 cm³/mol. The lowest BCUT2D eigenvalue weighted by Gasteiger charge is -2.53. The summed E-state index contributed by atoms with van der Waals surface area (Å²) in [6, 6.07) is 15.9. The molecule has 0 amide bonds. The number of hydrogen-bond acceptors (Lipinski definition) is 3. The van der Waals surface area contributed by atoms with Gasteiger partial charge in [-0.25, -0.2) is 0 Å². The van der Waals surface area contributed by atoms with Crippen molar-refractivity contribution in [1.29, 1.82) is 0 Å². The molecule has 6 atom stereocenters. The maximum Gasteiger partial charge on any atom is 0.119 e. The number of aliphatic hydroxyl groups excluding tert-OH is 1. The first-order valence-corrected chi connectivity index (χ1v) is 10.3. The zero-order chi connectivity index (χ0) is 18.6. The van der Waals surface area contributed by atoms with Crippen LogP contribution in [0.5, 0.6) is 11.5 Å². The second-order valence-corrected chi connectivity index (χ2v) is 8.99. The van der Waals surface area contributed by atoms with Crippen LogP contribution in [0, 0.1) is 17.3 Å². The minimum Gasteiger partial charge on any atom is -0.508 e. The Kier molecular flexibility index (Phi) is 3.98. The van der Waals surface area contributed by atoms with E-state index in [2.05, 4.69) is 13.0 Å². The summed E-state index contributed by atoms with van der Waals surface area (Å²) >= 11 is 0. The van der Waals surface area contributed by atoms with Crippen LogP contribution in [0.2, 0.25) is 0 Å². The topological polar surface area (TPSA) is 49.7 Å². The molecule has 3 heteroatoms. The second kappa shape index (κ2) is 6.27. The average molecular weight is 364 g/mol. The normalized spacial score (nSPS) is 37.2. The monoisotopic (exact) mass is 364 g/mol. The Labute approximate surface area is 161 Å². The van der Waals surface area contributed by atoms with Gasteiger partial charge in [0, 0.05) is 11.3 Å². The standard InChI is InChI=1S/C24H28O3/c1-24-14-21(27-17-5-3-2-4-6-17)23-18-10-8-16(25)13-15(18)7-9-19(23)20(24)11-12-22(24)26/h2-6,8,10,13,19-23,25-26H,7,9,11-12,14H2,1H3. The van der Waals surface area contributed by atoms with Crippen molar-refractivity contribution in [3.63, 3.8) is 0 Å². The maximum atomic E-state index is 10.8. The maximum absolute atomic E-state index is 10.8. The molecule has 0 aliphatic heterocycles. The van der Waals surface area contributed by atoms with E-state index in [9.17, 15) is 10.2 Å². The van der Waals surface area contributed by atoms with Crippen molar-refractivity contribution in [2.75, 3.05) is 0 Å². The van der Waals surface area contributed by atoms with Crippen molar-refractivity contribution >= 4 is 0 Å². The largest absolute Gasteiger partial charge is 0.508 e. The molecule has 2 N–H and O–H groups in total. The van der Waals surface area contributed by atoms with Gasteiger partial charge >= 0.3 is 0 Å². The van der Waals surface area contributed by atoms with E-state index in [1.54, 1.807) is 0 Å². The van der Waals surface area contributed by atoms with Crippen LogP contribution >= 0.6 is 0 Å². The van der Waals surface area contributed by atoms with Gasteiger partial charge < -0.3 is 14.9 Å². The predicted octanol–water partition coefficient (Wildman–Crippen LogP) is 4.67. The van der Waals surface area contributed by atoms with Crippen LogP contribution in [0.15, 0.2) is 48.5 Å². The van der Waals surface area contributed by atoms with Gasteiger partial charge in [-0.05, 0) is 79.3 Å². The van der Waals surface area contributed by atoms with Gasteiger partial charge in [-0.1, -0.05) is 31.2 Å². The summed E-state index contributed by atoms with van der Waals surface area (Å²) < 4.78 is 6.56. The SMILES string of the molecule is CC12CC(Oc3ccccc3)C3c4ccc(O)cc4CCC3C1CCC2O. The van der Waals surface area contributed by atoms with Crippen LogP contribution in [0.4, 0.5) is 0 Å². The Bertz CT molecular complexity index is 833. The van der Waals surface area contributed by atoms with Crippen LogP contribution in [0.3, 0.4) is 0 Å². The van der Waals surface area contributed by atoms with Crippen molar-refractivity contribution in [2.24, 2.45) is 17.3 Å². The molecule has 27 heavy (non-hydrogen) atoms. The number of phenolic OH excluding ortho intramolecular Hbond substituents is 1. The first-order chi connectivity index (χ1) is 13.1. The summed E-state index contributed by atoms with van der Waals surface area (Å²) in [7, 11) is 0. The molecule has 0 bridgehead atoms. The van der Waals surface area contributed by atoms with E-state index in [1.165, 1.54) is 11.1 Å². The molecule has 0 heterocycles. The van der Waals surface area contributed by atoms with E-state index in [-0.39, 0.29) is 17.6 Å². The highest BCUT2D eigenvalue weighted by Crippen LogP contribution is 2.61. The molecular weight excluding hydrogens is 336 g/mol. The summed E-state index contributed by atoms with van der Waals surface area (Å²) in [4.78, 5) is 0. The molecule has 3 nitrogen and oxygen atoms in total. The van der Waals surface area contributed by atoms with E-state index in [1.807, 2.05) is 42.5 Å². The van der Waals surface area contributed by atoms with Gasteiger partial charge in [0.1, 0.15) is 17.6 Å². The molecule has 3 aliphatic rings. The molecular formula is C24H28O3. The second-order valence-electron chi connectivity index (χ2n) is 8.99. The summed E-state index contributed by atoms with van der Waals surface area (Å²) in [5, 5.41) is 20.7. The molecule has 5 rings (SSSR count). The van der Waals surface area contributed by atoms with Crippen LogP contribution in [-0.4, -0.2) is 22.4 Å². The third kappa shape index (κ3) is 2.67. The minimum atomic E-state index is -0.230. The van der Waals surface area contributed by atoms with Gasteiger partial charge in [0.15, 0.2) is 0 Å².